The summed E-state index contributed by atoms with van der Waals surface area (Å²) in [7, 11) is 1.67. The molecule has 136 valence electrons. The van der Waals surface area contributed by atoms with Gasteiger partial charge in [-0.15, -0.1) is 12.4 Å². The minimum Gasteiger partial charge on any atom is -0.471 e. The molecule has 0 aromatic carbocycles. The highest BCUT2D eigenvalue weighted by atomic mass is 35.5. The van der Waals surface area contributed by atoms with E-state index < -0.39 is 19.0 Å². The van der Waals surface area contributed by atoms with Crippen molar-refractivity contribution in [2.45, 2.75) is 24.8 Å². The maximum atomic E-state index is 12.7. The lowest BCUT2D eigenvalue weighted by molar-refractivity contribution is -0.148. The van der Waals surface area contributed by atoms with Gasteiger partial charge in [0.05, 0.1) is 5.56 Å². The quantitative estimate of drug-likeness (QED) is 0.779. The highest BCUT2D eigenvalue weighted by Crippen LogP contribution is 2.23. The molecule has 1 aromatic heterocycles. The van der Waals surface area contributed by atoms with Gasteiger partial charge in [-0.1, -0.05) is 0 Å². The van der Waals surface area contributed by atoms with Gasteiger partial charge >= 0.3 is 12.3 Å². The average molecular weight is 372 g/mol. The molecule has 10 heteroatoms. The van der Waals surface area contributed by atoms with Crippen LogP contribution in [0, 0.1) is 0 Å². The van der Waals surface area contributed by atoms with Gasteiger partial charge in [-0.3, -0.25) is 4.79 Å². The number of rotatable bonds is 6. The third-order valence-electron chi connectivity index (χ3n) is 3.62. The fourth-order valence-electron chi connectivity index (χ4n) is 2.16. The van der Waals surface area contributed by atoms with E-state index in [0.29, 0.717) is 6.54 Å². The zero-order valence-corrected chi connectivity index (χ0v) is 13.7. The lowest BCUT2D eigenvalue weighted by atomic mass is 10.2. The molecule has 0 aliphatic carbocycles. The number of pyridine rings is 1. The number of amides is 1. The number of ether oxygens (including phenoxy) is 1. The van der Waals surface area contributed by atoms with Crippen molar-refractivity contribution in [2.75, 3.05) is 26.7 Å². The van der Waals surface area contributed by atoms with Gasteiger partial charge in [0.2, 0.25) is 5.88 Å². The number of alkyl halides is 4. The molecule has 1 aliphatic rings. The van der Waals surface area contributed by atoms with E-state index in [2.05, 4.69) is 15.0 Å². The summed E-state index contributed by atoms with van der Waals surface area (Å²) < 4.78 is 54.1. The fourth-order valence-corrected chi connectivity index (χ4v) is 2.16. The summed E-state index contributed by atoms with van der Waals surface area (Å²) in [5.41, 5.74) is 0.271. The number of carbonyl (C=O) groups is 1. The first-order chi connectivity index (χ1) is 10.8. The van der Waals surface area contributed by atoms with Gasteiger partial charge in [0.1, 0.15) is 0 Å². The van der Waals surface area contributed by atoms with Crippen molar-refractivity contribution in [1.82, 2.24) is 15.2 Å². The van der Waals surface area contributed by atoms with Crippen LogP contribution < -0.4 is 10.1 Å². The second-order valence-electron chi connectivity index (χ2n) is 5.30. The van der Waals surface area contributed by atoms with Crippen molar-refractivity contribution in [3.63, 3.8) is 0 Å². The molecule has 1 unspecified atom stereocenters. The number of likely N-dealkylation sites (N-methyl/N-ethyl adjacent to an activating group) is 1. The van der Waals surface area contributed by atoms with Crippen molar-refractivity contribution in [3.8, 4) is 5.88 Å². The molecule has 0 bridgehead atoms. The molecule has 1 aromatic rings. The summed E-state index contributed by atoms with van der Waals surface area (Å²) in [5.74, 6) is -4.74. The van der Waals surface area contributed by atoms with Gasteiger partial charge in [0.25, 0.3) is 5.91 Å². The molecule has 1 saturated heterocycles. The first-order valence-corrected chi connectivity index (χ1v) is 7.04. The third kappa shape index (κ3) is 4.94. The smallest absolute Gasteiger partial charge is 0.340 e. The molecular weight excluding hydrogens is 354 g/mol. The molecule has 1 fully saturated rings. The van der Waals surface area contributed by atoms with E-state index in [4.69, 9.17) is 0 Å². The van der Waals surface area contributed by atoms with Crippen molar-refractivity contribution >= 4 is 18.3 Å². The van der Waals surface area contributed by atoms with E-state index in [9.17, 15) is 22.4 Å². The molecular formula is C14H18ClF4N3O2. The van der Waals surface area contributed by atoms with E-state index in [1.54, 1.807) is 11.9 Å². The highest BCUT2D eigenvalue weighted by Gasteiger charge is 2.41. The topological polar surface area (TPSA) is 54.5 Å². The summed E-state index contributed by atoms with van der Waals surface area (Å²) in [6.07, 6.45) is -1.78. The van der Waals surface area contributed by atoms with Crippen LogP contribution in [0.25, 0.3) is 0 Å². The van der Waals surface area contributed by atoms with Crippen molar-refractivity contribution in [1.29, 1.82) is 0 Å². The van der Waals surface area contributed by atoms with Gasteiger partial charge in [-0.05, 0) is 19.0 Å². The van der Waals surface area contributed by atoms with Crippen molar-refractivity contribution < 1.29 is 27.1 Å². The van der Waals surface area contributed by atoms with Crippen LogP contribution in [-0.4, -0.2) is 60.9 Å². The Morgan fingerprint density at radius 3 is 2.71 bits per heavy atom. The minimum absolute atomic E-state index is 0. The predicted octanol–water partition coefficient (Wildman–Crippen LogP) is 2.22. The van der Waals surface area contributed by atoms with E-state index in [-0.39, 0.29) is 35.8 Å². The lowest BCUT2D eigenvalue weighted by Gasteiger charge is -2.23. The van der Waals surface area contributed by atoms with Crippen LogP contribution in [0.15, 0.2) is 18.3 Å². The Labute approximate surface area is 142 Å². The van der Waals surface area contributed by atoms with E-state index in [0.717, 1.165) is 13.0 Å². The van der Waals surface area contributed by atoms with Crippen LogP contribution in [0.1, 0.15) is 16.8 Å². The number of hydrogen-bond acceptors (Lipinski definition) is 4. The number of nitrogens with one attached hydrogen (secondary N) is 1. The summed E-state index contributed by atoms with van der Waals surface area (Å²) in [4.78, 5) is 17.5. The Morgan fingerprint density at radius 1 is 1.50 bits per heavy atom. The minimum atomic E-state index is -4.24. The zero-order chi connectivity index (χ0) is 17.0. The molecule has 1 aliphatic heterocycles. The highest BCUT2D eigenvalue weighted by molar-refractivity contribution is 5.94. The van der Waals surface area contributed by atoms with Crippen LogP contribution in [0.3, 0.4) is 0 Å². The van der Waals surface area contributed by atoms with Gasteiger partial charge < -0.3 is 15.0 Å². The first kappa shape index (κ1) is 20.4. The van der Waals surface area contributed by atoms with Crippen LogP contribution in [0.4, 0.5) is 17.6 Å². The third-order valence-corrected chi connectivity index (χ3v) is 3.62. The Hall–Kier alpha value is -1.61. The van der Waals surface area contributed by atoms with Crippen LogP contribution in [0.5, 0.6) is 5.88 Å². The van der Waals surface area contributed by atoms with Crippen LogP contribution >= 0.6 is 12.4 Å². The van der Waals surface area contributed by atoms with Gasteiger partial charge in [-0.25, -0.2) is 13.8 Å². The maximum Gasteiger partial charge on any atom is 0.340 e. The van der Waals surface area contributed by atoms with Gasteiger partial charge in [-0.2, -0.15) is 8.78 Å². The molecule has 0 saturated carbocycles. The number of carbonyl (C=O) groups excluding carboxylic acids is 1. The number of halogens is 5. The lowest BCUT2D eigenvalue weighted by Crippen LogP contribution is -2.38. The van der Waals surface area contributed by atoms with E-state index in [1.165, 1.54) is 18.3 Å². The zero-order valence-electron chi connectivity index (χ0n) is 12.8. The Bertz CT molecular complexity index is 539. The number of nitrogens with zero attached hydrogens (tertiary/aromatic N) is 2. The molecule has 1 atom stereocenters. The Morgan fingerprint density at radius 2 is 2.21 bits per heavy atom. The fraction of sp³-hybridized carbons (Fsp3) is 0.571. The summed E-state index contributed by atoms with van der Waals surface area (Å²) >= 11 is 0. The summed E-state index contributed by atoms with van der Waals surface area (Å²) in [5, 5.41) is 3.15. The molecule has 24 heavy (non-hydrogen) atoms. The molecule has 1 amide bonds. The van der Waals surface area contributed by atoms with Gasteiger partial charge in [0.15, 0.2) is 6.61 Å². The second-order valence-corrected chi connectivity index (χ2v) is 5.30. The number of hydrogen-bond donors (Lipinski definition) is 1. The normalized spacial score (nSPS) is 17.5. The molecule has 2 heterocycles. The number of aromatic nitrogens is 1. The Balaban J connectivity index is 0.00000288. The Kier molecular flexibility index (Phi) is 7.22. The molecule has 5 nitrogen and oxygen atoms in total. The average Bonchev–Trinajstić information content (AvgIpc) is 3.06. The van der Waals surface area contributed by atoms with Gasteiger partial charge in [0, 0.05) is 31.9 Å². The molecule has 0 spiro atoms. The molecule has 2 rings (SSSR count). The SMILES string of the molecule is CN(C(=O)c1ccc(OCC(F)(F)C(F)F)nc1)C1CCNC1.Cl. The molecule has 1 N–H and O–H groups in total. The summed E-state index contributed by atoms with van der Waals surface area (Å²) in [6, 6.07) is 2.66. The first-order valence-electron chi connectivity index (χ1n) is 7.04. The van der Waals surface area contributed by atoms with Crippen LogP contribution in [-0.2, 0) is 0 Å². The van der Waals surface area contributed by atoms with Crippen molar-refractivity contribution in [2.24, 2.45) is 0 Å². The summed E-state index contributed by atoms with van der Waals surface area (Å²) in [6.45, 7) is 0.0733. The predicted molar refractivity (Wildman–Crippen MR) is 81.3 cm³/mol. The standard InChI is InChI=1S/C14H17F4N3O2.ClH/c1-21(10-4-5-19-7-10)12(22)9-2-3-11(20-6-9)23-8-14(17,18)13(15)16;/h2-3,6,10,13,19H,4-5,7-8H2,1H3;1H. The monoisotopic (exact) mass is 371 g/mol. The van der Waals surface area contributed by atoms with Crippen LogP contribution in [0.2, 0.25) is 0 Å². The van der Waals surface area contributed by atoms with E-state index >= 15 is 0 Å². The van der Waals surface area contributed by atoms with E-state index in [1.807, 2.05) is 0 Å². The maximum absolute atomic E-state index is 12.7. The largest absolute Gasteiger partial charge is 0.471 e. The second kappa shape index (κ2) is 8.48. The molecule has 0 radical (unpaired) electrons. The van der Waals surface area contributed by atoms with Crippen molar-refractivity contribution in [3.05, 3.63) is 23.9 Å².